The molecule has 1 aromatic carbocycles. The minimum atomic E-state index is -0.933. The zero-order chi connectivity index (χ0) is 20.5. The maximum absolute atomic E-state index is 12.9. The second kappa shape index (κ2) is 7.79. The summed E-state index contributed by atoms with van der Waals surface area (Å²) in [5.41, 5.74) is 1.54. The highest BCUT2D eigenvalue weighted by atomic mass is 16.2. The van der Waals surface area contributed by atoms with Gasteiger partial charge < -0.3 is 4.90 Å². The van der Waals surface area contributed by atoms with Gasteiger partial charge in [0.2, 0.25) is 11.8 Å². The van der Waals surface area contributed by atoms with E-state index in [2.05, 4.69) is 21.7 Å². The van der Waals surface area contributed by atoms with Crippen LogP contribution in [-0.4, -0.2) is 72.2 Å². The number of rotatable bonds is 5. The van der Waals surface area contributed by atoms with Gasteiger partial charge in [0.15, 0.2) is 0 Å². The van der Waals surface area contributed by atoms with Crippen molar-refractivity contribution in [1.29, 1.82) is 0 Å². The molecule has 0 aliphatic carbocycles. The van der Waals surface area contributed by atoms with Gasteiger partial charge in [-0.2, -0.15) is 0 Å². The highest BCUT2D eigenvalue weighted by molar-refractivity contribution is 6.23. The van der Waals surface area contributed by atoms with Gasteiger partial charge in [0.05, 0.1) is 11.1 Å². The Balaban J connectivity index is 1.50. The Hall–Kier alpha value is -3.00. The second-order valence-corrected chi connectivity index (χ2v) is 7.58. The predicted octanol–water partition coefficient (Wildman–Crippen LogP) is 0.786. The van der Waals surface area contributed by atoms with Crippen LogP contribution in [0.25, 0.3) is 0 Å². The second-order valence-electron chi connectivity index (χ2n) is 7.58. The first-order valence-corrected chi connectivity index (χ1v) is 9.93. The number of fused-ring (bicyclic) bond motifs is 1. The molecular weight excluding hydrogens is 372 g/mol. The maximum atomic E-state index is 12.9. The van der Waals surface area contributed by atoms with Gasteiger partial charge in [0.25, 0.3) is 11.8 Å². The maximum Gasteiger partial charge on any atom is 0.262 e. The monoisotopic (exact) mass is 396 g/mol. The first kappa shape index (κ1) is 19.3. The first-order valence-electron chi connectivity index (χ1n) is 9.93. The summed E-state index contributed by atoms with van der Waals surface area (Å²) in [5.74, 6) is -1.91. The molecule has 1 unspecified atom stereocenters. The number of piperazine rings is 1. The van der Waals surface area contributed by atoms with Crippen molar-refractivity contribution >= 4 is 29.3 Å². The molecule has 0 spiro atoms. The predicted molar refractivity (Wildman–Crippen MR) is 107 cm³/mol. The molecule has 3 aliphatic heterocycles. The van der Waals surface area contributed by atoms with Crippen LogP contribution in [0, 0.1) is 0 Å². The minimum Gasteiger partial charge on any atom is -0.369 e. The van der Waals surface area contributed by atoms with E-state index in [0.717, 1.165) is 49.7 Å². The van der Waals surface area contributed by atoms with Gasteiger partial charge in [-0.25, -0.2) is 0 Å². The lowest BCUT2D eigenvalue weighted by Gasteiger charge is -2.36. The number of benzene rings is 1. The Morgan fingerprint density at radius 3 is 2.45 bits per heavy atom. The Bertz CT molecular complexity index is 889. The number of amides is 4. The number of imide groups is 2. The molecule has 8 nitrogen and oxygen atoms in total. The highest BCUT2D eigenvalue weighted by Gasteiger charge is 2.44. The van der Waals surface area contributed by atoms with Crippen molar-refractivity contribution in [1.82, 2.24) is 15.1 Å². The van der Waals surface area contributed by atoms with Crippen LogP contribution in [0.2, 0.25) is 0 Å². The molecule has 3 heterocycles. The number of carbonyl (C=O) groups excluding carboxylic acids is 4. The van der Waals surface area contributed by atoms with Crippen molar-refractivity contribution in [3.8, 4) is 0 Å². The molecule has 8 heteroatoms. The van der Waals surface area contributed by atoms with Crippen LogP contribution in [0.1, 0.15) is 40.0 Å². The number of hydrogen-bond donors (Lipinski definition) is 1. The first-order chi connectivity index (χ1) is 14.0. The molecule has 0 saturated carbocycles. The number of nitrogens with zero attached hydrogens (tertiary/aromatic N) is 3. The minimum absolute atomic E-state index is 0.116. The molecule has 3 aliphatic rings. The third-order valence-corrected chi connectivity index (χ3v) is 5.81. The Morgan fingerprint density at radius 1 is 1.03 bits per heavy atom. The lowest BCUT2D eigenvalue weighted by molar-refractivity contribution is -0.136. The van der Waals surface area contributed by atoms with Crippen molar-refractivity contribution in [3.05, 3.63) is 42.0 Å². The number of piperidine rings is 1. The van der Waals surface area contributed by atoms with Crippen molar-refractivity contribution in [2.24, 2.45) is 0 Å². The van der Waals surface area contributed by atoms with Crippen LogP contribution in [0.3, 0.4) is 0 Å². The molecule has 0 bridgehead atoms. The molecule has 0 radical (unpaired) electrons. The van der Waals surface area contributed by atoms with Gasteiger partial charge in [-0.1, -0.05) is 6.08 Å². The Labute approximate surface area is 169 Å². The fourth-order valence-electron chi connectivity index (χ4n) is 4.16. The van der Waals surface area contributed by atoms with E-state index < -0.39 is 23.8 Å². The van der Waals surface area contributed by atoms with Gasteiger partial charge >= 0.3 is 0 Å². The summed E-state index contributed by atoms with van der Waals surface area (Å²) in [6, 6.07) is 4.34. The fourth-order valence-corrected chi connectivity index (χ4v) is 4.16. The summed E-state index contributed by atoms with van der Waals surface area (Å²) in [6.07, 6.45) is 3.16. The van der Waals surface area contributed by atoms with E-state index in [1.165, 1.54) is 0 Å². The summed E-state index contributed by atoms with van der Waals surface area (Å²) in [4.78, 5) is 54.8. The van der Waals surface area contributed by atoms with Gasteiger partial charge in [0, 0.05) is 44.8 Å². The van der Waals surface area contributed by atoms with Crippen LogP contribution in [-0.2, 0) is 9.59 Å². The summed E-state index contributed by atoms with van der Waals surface area (Å²) in [7, 11) is 0. The largest absolute Gasteiger partial charge is 0.369 e. The van der Waals surface area contributed by atoms with E-state index in [4.69, 9.17) is 0 Å². The van der Waals surface area contributed by atoms with Gasteiger partial charge in [-0.15, -0.1) is 6.58 Å². The molecule has 2 fully saturated rings. The molecule has 1 aromatic rings. The van der Waals surface area contributed by atoms with E-state index in [9.17, 15) is 19.2 Å². The molecule has 29 heavy (non-hydrogen) atoms. The third-order valence-electron chi connectivity index (χ3n) is 5.81. The zero-order valence-corrected chi connectivity index (χ0v) is 16.2. The van der Waals surface area contributed by atoms with Crippen LogP contribution in [0.5, 0.6) is 0 Å². The van der Waals surface area contributed by atoms with Crippen molar-refractivity contribution in [2.45, 2.75) is 25.3 Å². The highest BCUT2D eigenvalue weighted by Crippen LogP contribution is 2.31. The number of nitrogens with one attached hydrogen (secondary N) is 1. The summed E-state index contributed by atoms with van der Waals surface area (Å²) >= 11 is 0. The lowest BCUT2D eigenvalue weighted by atomic mass is 10.0. The van der Waals surface area contributed by atoms with Crippen LogP contribution in [0.4, 0.5) is 5.69 Å². The average Bonchev–Trinajstić information content (AvgIpc) is 2.97. The quantitative estimate of drug-likeness (QED) is 0.585. The standard InChI is InChI=1S/C21H24N4O4/c1-2-3-8-23-9-11-24(12-10-23)14-4-5-15-16(13-14)21(29)25(20(15)28)17-6-7-18(26)22-19(17)27/h2,4-5,13,17H,1,3,6-12H2,(H,22,26,27). The zero-order valence-electron chi connectivity index (χ0n) is 16.2. The van der Waals surface area contributed by atoms with E-state index in [1.54, 1.807) is 12.1 Å². The van der Waals surface area contributed by atoms with Crippen molar-refractivity contribution < 1.29 is 19.2 Å². The fraction of sp³-hybridized carbons (Fsp3) is 0.429. The van der Waals surface area contributed by atoms with Crippen LogP contribution < -0.4 is 10.2 Å². The molecule has 4 rings (SSSR count). The Morgan fingerprint density at radius 2 is 1.76 bits per heavy atom. The van der Waals surface area contributed by atoms with Crippen LogP contribution >= 0.6 is 0 Å². The lowest BCUT2D eigenvalue weighted by Crippen LogP contribution is -2.54. The number of carbonyl (C=O) groups is 4. The SMILES string of the molecule is C=CCCN1CCN(c2ccc3c(c2)C(=O)N(C2CCC(=O)NC2=O)C3=O)CC1. The number of anilines is 1. The summed E-state index contributed by atoms with van der Waals surface area (Å²) in [6.45, 7) is 8.30. The molecule has 2 saturated heterocycles. The molecule has 1 atom stereocenters. The molecule has 152 valence electrons. The topological polar surface area (TPSA) is 90.0 Å². The van der Waals surface area contributed by atoms with Crippen molar-refractivity contribution in [2.75, 3.05) is 37.6 Å². The normalized spacial score (nSPS) is 22.7. The van der Waals surface area contributed by atoms with E-state index >= 15 is 0 Å². The molecule has 1 N–H and O–H groups in total. The molecule has 4 amide bonds. The summed E-state index contributed by atoms with van der Waals surface area (Å²) < 4.78 is 0. The van der Waals surface area contributed by atoms with Gasteiger partial charge in [-0.05, 0) is 31.0 Å². The molecule has 0 aromatic heterocycles. The Kier molecular flexibility index (Phi) is 5.19. The van der Waals surface area contributed by atoms with Gasteiger partial charge in [0.1, 0.15) is 6.04 Å². The number of hydrogen-bond acceptors (Lipinski definition) is 6. The third kappa shape index (κ3) is 3.55. The molecular formula is C21H24N4O4. The smallest absolute Gasteiger partial charge is 0.262 e. The van der Waals surface area contributed by atoms with E-state index in [-0.39, 0.29) is 18.7 Å². The van der Waals surface area contributed by atoms with E-state index in [0.29, 0.717) is 11.1 Å². The summed E-state index contributed by atoms with van der Waals surface area (Å²) in [5, 5.41) is 2.21. The van der Waals surface area contributed by atoms with Crippen LogP contribution in [0.15, 0.2) is 30.9 Å². The van der Waals surface area contributed by atoms with E-state index in [1.807, 2.05) is 12.1 Å². The van der Waals surface area contributed by atoms with Crippen molar-refractivity contribution in [3.63, 3.8) is 0 Å². The average molecular weight is 396 g/mol. The van der Waals surface area contributed by atoms with Gasteiger partial charge in [-0.3, -0.25) is 34.3 Å².